The van der Waals surface area contributed by atoms with Crippen LogP contribution in [0.2, 0.25) is 0 Å². The Balaban J connectivity index is 1.78. The number of aliphatic hydroxyl groups excluding tert-OH is 1. The first-order chi connectivity index (χ1) is 9.19. The van der Waals surface area contributed by atoms with Gasteiger partial charge in [0.25, 0.3) is 0 Å². The molecule has 0 aromatic rings. The molecule has 0 bridgehead atoms. The van der Waals surface area contributed by atoms with E-state index in [4.69, 9.17) is 0 Å². The van der Waals surface area contributed by atoms with Crippen molar-refractivity contribution in [1.29, 1.82) is 0 Å². The Morgan fingerprint density at radius 2 is 1.95 bits per heavy atom. The van der Waals surface area contributed by atoms with Gasteiger partial charge in [-0.25, -0.2) is 0 Å². The lowest BCUT2D eigenvalue weighted by Crippen LogP contribution is -2.45. The van der Waals surface area contributed by atoms with Crippen molar-refractivity contribution < 1.29 is 9.90 Å². The Morgan fingerprint density at radius 3 is 2.47 bits per heavy atom. The van der Waals surface area contributed by atoms with E-state index < -0.39 is 0 Å². The molecule has 0 unspecified atom stereocenters. The molecule has 0 aliphatic carbocycles. The second kappa shape index (κ2) is 6.98. The van der Waals surface area contributed by atoms with E-state index in [1.807, 2.05) is 16.7 Å². The Bertz CT molecular complexity index is 289. The van der Waals surface area contributed by atoms with Gasteiger partial charge in [0.1, 0.15) is 0 Å². The molecule has 2 fully saturated rings. The molecule has 2 aliphatic heterocycles. The molecule has 3 nitrogen and oxygen atoms in total. The lowest BCUT2D eigenvalue weighted by atomic mass is 9.77. The first-order valence-electron chi connectivity index (χ1n) is 7.65. The molecule has 0 aromatic carbocycles. The third-order valence-electron chi connectivity index (χ3n) is 5.07. The van der Waals surface area contributed by atoms with E-state index in [1.54, 1.807) is 0 Å². The van der Waals surface area contributed by atoms with E-state index in [1.165, 1.54) is 24.3 Å². The number of likely N-dealkylation sites (tertiary alicyclic amines) is 1. The summed E-state index contributed by atoms with van der Waals surface area (Å²) < 4.78 is 0. The summed E-state index contributed by atoms with van der Waals surface area (Å²) >= 11 is 2.01. The maximum atomic E-state index is 12.3. The molecule has 0 aromatic heterocycles. The van der Waals surface area contributed by atoms with Crippen LogP contribution >= 0.6 is 11.8 Å². The minimum absolute atomic E-state index is 0.0816. The Labute approximate surface area is 121 Å². The number of amides is 1. The quantitative estimate of drug-likeness (QED) is 0.863. The maximum absolute atomic E-state index is 12.3. The largest absolute Gasteiger partial charge is 0.396 e. The smallest absolute Gasteiger partial charge is 0.222 e. The SMILES string of the molecule is CCC1(CO)CCN(C(=O)CC2CCSCC2)CC1. The lowest BCUT2D eigenvalue weighted by Gasteiger charge is -2.40. The van der Waals surface area contributed by atoms with Gasteiger partial charge in [-0.1, -0.05) is 6.92 Å². The minimum Gasteiger partial charge on any atom is -0.396 e. The Morgan fingerprint density at radius 1 is 1.32 bits per heavy atom. The van der Waals surface area contributed by atoms with E-state index in [0.717, 1.165) is 38.8 Å². The number of nitrogens with zero attached hydrogens (tertiary/aromatic N) is 1. The topological polar surface area (TPSA) is 40.5 Å². The number of hydrogen-bond donors (Lipinski definition) is 1. The predicted octanol–water partition coefficient (Wildman–Crippen LogP) is 2.53. The Kier molecular flexibility index (Phi) is 5.58. The highest BCUT2D eigenvalue weighted by molar-refractivity contribution is 7.99. The van der Waals surface area contributed by atoms with Crippen molar-refractivity contribution in [2.75, 3.05) is 31.2 Å². The van der Waals surface area contributed by atoms with Gasteiger partial charge < -0.3 is 10.0 Å². The highest BCUT2D eigenvalue weighted by Gasteiger charge is 2.34. The maximum Gasteiger partial charge on any atom is 0.222 e. The third-order valence-corrected chi connectivity index (χ3v) is 6.12. The molecule has 2 rings (SSSR count). The fraction of sp³-hybridized carbons (Fsp3) is 0.933. The van der Waals surface area contributed by atoms with E-state index in [2.05, 4.69) is 6.92 Å². The number of carbonyl (C=O) groups excluding carboxylic acids is 1. The van der Waals surface area contributed by atoms with Crippen LogP contribution in [-0.4, -0.2) is 47.1 Å². The van der Waals surface area contributed by atoms with Crippen molar-refractivity contribution in [3.63, 3.8) is 0 Å². The van der Waals surface area contributed by atoms with Gasteiger partial charge in [0.2, 0.25) is 5.91 Å². The standard InChI is InChI=1S/C15H27NO2S/c1-2-15(12-17)5-7-16(8-6-15)14(18)11-13-3-9-19-10-4-13/h13,17H,2-12H2,1H3. The monoisotopic (exact) mass is 285 g/mol. The molecule has 0 atom stereocenters. The van der Waals surface area contributed by atoms with Gasteiger partial charge in [-0.15, -0.1) is 0 Å². The van der Waals surface area contributed by atoms with Crippen LogP contribution in [-0.2, 0) is 4.79 Å². The highest BCUT2D eigenvalue weighted by atomic mass is 32.2. The second-order valence-electron chi connectivity index (χ2n) is 6.15. The van der Waals surface area contributed by atoms with Crippen LogP contribution < -0.4 is 0 Å². The number of rotatable bonds is 4. The third kappa shape index (κ3) is 3.88. The fourth-order valence-electron chi connectivity index (χ4n) is 3.18. The van der Waals surface area contributed by atoms with Crippen molar-refractivity contribution >= 4 is 17.7 Å². The van der Waals surface area contributed by atoms with E-state index in [-0.39, 0.29) is 12.0 Å². The number of carbonyl (C=O) groups is 1. The summed E-state index contributed by atoms with van der Waals surface area (Å²) in [5, 5.41) is 9.52. The molecule has 0 spiro atoms. The van der Waals surface area contributed by atoms with E-state index in [0.29, 0.717) is 11.8 Å². The molecule has 0 saturated carbocycles. The van der Waals surface area contributed by atoms with Crippen molar-refractivity contribution in [2.24, 2.45) is 11.3 Å². The minimum atomic E-state index is 0.0816. The van der Waals surface area contributed by atoms with Gasteiger partial charge in [-0.3, -0.25) is 4.79 Å². The van der Waals surface area contributed by atoms with E-state index in [9.17, 15) is 9.90 Å². The fourth-order valence-corrected chi connectivity index (χ4v) is 4.38. The molecule has 1 N–H and O–H groups in total. The van der Waals surface area contributed by atoms with Gasteiger partial charge in [-0.2, -0.15) is 11.8 Å². The van der Waals surface area contributed by atoms with Crippen molar-refractivity contribution in [3.05, 3.63) is 0 Å². The number of hydrogen-bond acceptors (Lipinski definition) is 3. The van der Waals surface area contributed by atoms with Crippen LogP contribution in [0.4, 0.5) is 0 Å². The summed E-state index contributed by atoms with van der Waals surface area (Å²) in [7, 11) is 0. The zero-order valence-corrected chi connectivity index (χ0v) is 12.9. The summed E-state index contributed by atoms with van der Waals surface area (Å²) in [6.07, 6.45) is 6.11. The molecule has 2 saturated heterocycles. The average Bonchev–Trinajstić information content (AvgIpc) is 2.48. The van der Waals surface area contributed by atoms with Crippen LogP contribution in [0.15, 0.2) is 0 Å². The van der Waals surface area contributed by atoms with Crippen molar-refractivity contribution in [2.45, 2.75) is 45.4 Å². The molecule has 110 valence electrons. The zero-order chi connectivity index (χ0) is 13.7. The van der Waals surface area contributed by atoms with Gasteiger partial charge in [0, 0.05) is 26.1 Å². The summed E-state index contributed by atoms with van der Waals surface area (Å²) in [5.41, 5.74) is 0.0816. The van der Waals surface area contributed by atoms with Gasteiger partial charge in [-0.05, 0) is 54.9 Å². The predicted molar refractivity (Wildman–Crippen MR) is 80.3 cm³/mol. The second-order valence-corrected chi connectivity index (χ2v) is 7.38. The molecular weight excluding hydrogens is 258 g/mol. The van der Waals surface area contributed by atoms with E-state index >= 15 is 0 Å². The molecule has 2 aliphatic rings. The summed E-state index contributed by atoms with van der Waals surface area (Å²) in [6.45, 7) is 4.10. The van der Waals surface area contributed by atoms with Crippen LogP contribution in [0.5, 0.6) is 0 Å². The number of thioether (sulfide) groups is 1. The first kappa shape index (κ1) is 15.2. The van der Waals surface area contributed by atoms with Gasteiger partial charge in [0.05, 0.1) is 0 Å². The molecular formula is C15H27NO2S. The molecule has 4 heteroatoms. The number of piperidine rings is 1. The summed E-state index contributed by atoms with van der Waals surface area (Å²) in [4.78, 5) is 14.3. The van der Waals surface area contributed by atoms with Crippen molar-refractivity contribution in [3.8, 4) is 0 Å². The number of aliphatic hydroxyl groups is 1. The first-order valence-corrected chi connectivity index (χ1v) is 8.81. The average molecular weight is 285 g/mol. The van der Waals surface area contributed by atoms with Gasteiger partial charge >= 0.3 is 0 Å². The zero-order valence-electron chi connectivity index (χ0n) is 12.1. The van der Waals surface area contributed by atoms with Crippen LogP contribution in [0.3, 0.4) is 0 Å². The lowest BCUT2D eigenvalue weighted by molar-refractivity contribution is -0.135. The molecule has 19 heavy (non-hydrogen) atoms. The molecule has 2 heterocycles. The Hall–Kier alpha value is -0.220. The van der Waals surface area contributed by atoms with Crippen LogP contribution in [0.25, 0.3) is 0 Å². The normalized spacial score (nSPS) is 24.4. The molecule has 1 amide bonds. The van der Waals surface area contributed by atoms with Crippen LogP contribution in [0, 0.1) is 11.3 Å². The highest BCUT2D eigenvalue weighted by Crippen LogP contribution is 2.35. The summed E-state index contributed by atoms with van der Waals surface area (Å²) in [6, 6.07) is 0. The van der Waals surface area contributed by atoms with Crippen molar-refractivity contribution in [1.82, 2.24) is 4.90 Å². The summed E-state index contributed by atoms with van der Waals surface area (Å²) in [5.74, 6) is 3.41. The molecule has 0 radical (unpaired) electrons. The van der Waals surface area contributed by atoms with Crippen LogP contribution in [0.1, 0.15) is 45.4 Å². The van der Waals surface area contributed by atoms with Gasteiger partial charge in [0.15, 0.2) is 0 Å².